The van der Waals surface area contributed by atoms with Gasteiger partial charge in [0, 0.05) is 77.6 Å². The van der Waals surface area contributed by atoms with E-state index in [9.17, 15) is 32.1 Å². The van der Waals surface area contributed by atoms with Crippen LogP contribution in [0.25, 0.3) is 22.1 Å². The van der Waals surface area contributed by atoms with E-state index in [2.05, 4.69) is 17.6 Å². The number of ketones is 1. The number of aromatic nitrogens is 4. The number of carbonyl (C=O) groups is 4. The average molecular weight is 853 g/mol. The zero-order chi connectivity index (χ0) is 38.9. The first-order valence-corrected chi connectivity index (χ1v) is 19.3. The number of ether oxygens (including phenoxy) is 1. The van der Waals surface area contributed by atoms with Gasteiger partial charge < -0.3 is 25.3 Å². The van der Waals surface area contributed by atoms with Crippen molar-refractivity contribution in [1.82, 2.24) is 30.6 Å². The van der Waals surface area contributed by atoms with Crippen LogP contribution in [-0.4, -0.2) is 73.0 Å². The Morgan fingerprint density at radius 2 is 1.50 bits per heavy atom. The van der Waals surface area contributed by atoms with Gasteiger partial charge in [-0.25, -0.2) is 0 Å². The summed E-state index contributed by atoms with van der Waals surface area (Å²) in [5.74, 6) is -3.08. The number of rotatable bonds is 11. The van der Waals surface area contributed by atoms with Crippen LogP contribution >= 0.6 is 0 Å². The Morgan fingerprint density at radius 3 is 2.11 bits per heavy atom. The van der Waals surface area contributed by atoms with Gasteiger partial charge in [-0.05, 0) is 39.2 Å². The summed E-state index contributed by atoms with van der Waals surface area (Å²) in [7, 11) is -1.57. The van der Waals surface area contributed by atoms with Gasteiger partial charge in [0.2, 0.25) is 11.8 Å². The van der Waals surface area contributed by atoms with Crippen molar-refractivity contribution in [2.45, 2.75) is 90.9 Å². The first-order valence-electron chi connectivity index (χ1n) is 17.7. The summed E-state index contributed by atoms with van der Waals surface area (Å²) in [4.78, 5) is 72.7. The first kappa shape index (κ1) is 42.5. The number of esters is 1. The van der Waals surface area contributed by atoms with Crippen molar-refractivity contribution in [3.05, 3.63) is 68.8 Å². The van der Waals surface area contributed by atoms with E-state index in [1.807, 2.05) is 39.0 Å². The largest absolute Gasteiger partial charge is 2.00 e. The molecule has 2 aliphatic heterocycles. The van der Waals surface area contributed by atoms with Crippen molar-refractivity contribution in [3.8, 4) is 0 Å². The molecule has 0 saturated carbocycles. The Kier molecular flexibility index (Phi) is 13.4. The summed E-state index contributed by atoms with van der Waals surface area (Å²) < 4.78 is 37.4. The monoisotopic (exact) mass is 852 g/mol. The summed E-state index contributed by atoms with van der Waals surface area (Å²) >= 11 is 0. The molecule has 2 amide bonds. The number of nitrogens with zero attached hydrogens (tertiary/aromatic N) is 4. The Hall–Kier alpha value is -4.23. The quantitative estimate of drug-likeness (QED) is 0.106. The maximum Gasteiger partial charge on any atom is 2.00 e. The van der Waals surface area contributed by atoms with Crippen LogP contribution < -0.4 is 20.6 Å². The van der Waals surface area contributed by atoms with Gasteiger partial charge in [0.1, 0.15) is 0 Å². The second-order valence-electron chi connectivity index (χ2n) is 13.8. The molecule has 0 saturated heterocycles. The molecule has 4 atom stereocenters. The Morgan fingerprint density at radius 1 is 0.907 bits per heavy atom. The van der Waals surface area contributed by atoms with E-state index in [1.165, 1.54) is 14.0 Å². The molecule has 4 unspecified atom stereocenters. The number of hydrogen-bond acceptors (Lipinski definition) is 9. The fraction of sp³-hybridized carbons (Fsp3) is 0.474. The van der Waals surface area contributed by atoms with Gasteiger partial charge in [-0.2, -0.15) is 8.42 Å². The normalized spacial score (nSPS) is 18.1. The van der Waals surface area contributed by atoms with Crippen LogP contribution in [0, 0.1) is 13.8 Å². The number of carbonyl (C=O) groups excluding carboxylic acids is 4. The van der Waals surface area contributed by atoms with Gasteiger partial charge in [-0.1, -0.05) is 50.1 Å². The predicted molar refractivity (Wildman–Crippen MR) is 199 cm³/mol. The van der Waals surface area contributed by atoms with Gasteiger partial charge in [0.05, 0.1) is 19.3 Å². The number of methoxy groups -OCH3 is 1. The zero-order valence-electron chi connectivity index (χ0n) is 31.6. The third kappa shape index (κ3) is 8.67. The maximum absolute atomic E-state index is 14.0. The van der Waals surface area contributed by atoms with Crippen LogP contribution in [0.15, 0.2) is 18.2 Å². The fourth-order valence-electron chi connectivity index (χ4n) is 7.48. The fourth-order valence-corrected chi connectivity index (χ4v) is 7.84. The standard InChI is InChI=1S/C38H48N6O8S.Pd/c1-9-23-18(2)26-17-31-34(22(6)45)20(4)28(42-31)15-27-19(3)24(10-11-32(46)39-7)36(43-27)25(14-33(47)52-8)37-35(38(48)40-12-13-53(49,50)51)21(5)29(44-37)16-30(23)41-26;/h15-19,23-24H,9-14H2,1-8H3,(H5,39,40,41,42,43,44,45,46,48,49,50,51);/q;+2/p-2. The van der Waals surface area contributed by atoms with Gasteiger partial charge in [-0.3, -0.25) is 33.7 Å². The van der Waals surface area contributed by atoms with Gasteiger partial charge in [0.25, 0.3) is 10.1 Å². The van der Waals surface area contributed by atoms with E-state index in [1.54, 1.807) is 14.0 Å². The molecular weight excluding hydrogens is 807 g/mol. The Bertz CT molecular complexity index is 2260. The molecule has 0 fully saturated rings. The summed E-state index contributed by atoms with van der Waals surface area (Å²) in [6.07, 6.45) is 0.901. The van der Waals surface area contributed by atoms with Gasteiger partial charge in [-0.15, -0.1) is 22.1 Å². The number of nitrogens with one attached hydrogen (secondary N) is 2. The first-order chi connectivity index (χ1) is 25.0. The predicted octanol–water partition coefficient (Wildman–Crippen LogP) is 4.43. The van der Waals surface area contributed by atoms with Gasteiger partial charge in [0.15, 0.2) is 5.78 Å². The van der Waals surface area contributed by atoms with Crippen molar-refractivity contribution < 1.29 is 57.3 Å². The Balaban J connectivity index is 0.00000650. The number of amides is 2. The number of hydrogen-bond donors (Lipinski definition) is 3. The smallest absolute Gasteiger partial charge is 0.657 e. The number of aryl methyl sites for hydroxylation is 2. The molecule has 54 heavy (non-hydrogen) atoms. The average Bonchev–Trinajstić information content (AvgIpc) is 3.78. The molecule has 3 N–H and O–H groups in total. The topological polar surface area (TPSA) is 210 Å². The molecule has 0 aromatic carbocycles. The van der Waals surface area contributed by atoms with Crippen LogP contribution in [0.2, 0.25) is 0 Å². The molecule has 0 aliphatic carbocycles. The zero-order valence-corrected chi connectivity index (χ0v) is 34.0. The van der Waals surface area contributed by atoms with E-state index in [4.69, 9.17) is 24.7 Å². The van der Waals surface area contributed by atoms with Crippen LogP contribution in [-0.2, 0) is 51.3 Å². The van der Waals surface area contributed by atoms with E-state index in [-0.39, 0.29) is 80.3 Å². The van der Waals surface area contributed by atoms with E-state index < -0.39 is 33.7 Å². The third-order valence-electron chi connectivity index (χ3n) is 10.5. The van der Waals surface area contributed by atoms with Crippen LogP contribution in [0.1, 0.15) is 131 Å². The SMILES string of the molecule is CCC1c2cc3[n-]c(c(CC(=O)OC)c4nc(cc5[n-]c(cc(n2)C1C)c(C(C)=O)c5C)C(C)C4CCC(=O)NC)c(C(=O)NCCS(=O)(=O)O)c3C.[Pd+2]. The third-order valence-corrected chi connectivity index (χ3v) is 11.2. The summed E-state index contributed by atoms with van der Waals surface area (Å²) in [6, 6.07) is 5.50. The molecule has 292 valence electrons. The summed E-state index contributed by atoms with van der Waals surface area (Å²) in [5, 5.41) is 5.24. The molecule has 14 nitrogen and oxygen atoms in total. The molecular formula is C38H46N6O8PdS. The molecule has 3 aromatic heterocycles. The molecule has 5 rings (SSSR count). The minimum Gasteiger partial charge on any atom is -0.657 e. The van der Waals surface area contributed by atoms with Crippen molar-refractivity contribution in [1.29, 1.82) is 0 Å². The van der Waals surface area contributed by atoms with Crippen molar-refractivity contribution in [2.75, 3.05) is 26.5 Å². The molecule has 16 heteroatoms. The number of Topliss-reactive ketones (excluding diaryl/α,β-unsaturated/α-hetero) is 1. The van der Waals surface area contributed by atoms with Gasteiger partial charge >= 0.3 is 26.4 Å². The second kappa shape index (κ2) is 17.1. The molecule has 0 radical (unpaired) electrons. The van der Waals surface area contributed by atoms with E-state index in [0.717, 1.165) is 12.1 Å². The molecule has 2 aliphatic rings. The molecule has 5 heterocycles. The molecule has 3 aromatic rings. The van der Waals surface area contributed by atoms with Crippen molar-refractivity contribution >= 4 is 55.8 Å². The summed E-state index contributed by atoms with van der Waals surface area (Å²) in [6.45, 7) is 10.8. The second-order valence-corrected chi connectivity index (χ2v) is 15.4. The van der Waals surface area contributed by atoms with Crippen LogP contribution in [0.5, 0.6) is 0 Å². The molecule has 0 spiro atoms. The maximum atomic E-state index is 14.0. The van der Waals surface area contributed by atoms with Crippen molar-refractivity contribution in [2.24, 2.45) is 0 Å². The van der Waals surface area contributed by atoms with E-state index in [0.29, 0.717) is 62.3 Å². The number of fused-ring (bicyclic) bond motifs is 8. The van der Waals surface area contributed by atoms with Crippen LogP contribution in [0.3, 0.4) is 0 Å². The molecule has 8 bridgehead atoms. The summed E-state index contributed by atoms with van der Waals surface area (Å²) in [5.41, 5.74) is 6.19. The minimum absolute atomic E-state index is 0. The minimum atomic E-state index is -4.37. The van der Waals surface area contributed by atoms with Crippen LogP contribution in [0.4, 0.5) is 0 Å². The Labute approximate surface area is 328 Å². The van der Waals surface area contributed by atoms with Crippen molar-refractivity contribution in [3.63, 3.8) is 0 Å². The van der Waals surface area contributed by atoms with E-state index >= 15 is 0 Å².